The predicted octanol–water partition coefficient (Wildman–Crippen LogP) is 2.38. The van der Waals surface area contributed by atoms with Crippen LogP contribution in [0.1, 0.15) is 40.0 Å². The minimum atomic E-state index is 0.673. The van der Waals surface area contributed by atoms with E-state index >= 15 is 0 Å². The Hall–Kier alpha value is -0.120. The highest BCUT2D eigenvalue weighted by molar-refractivity contribution is 4.38. The maximum atomic E-state index is 5.24. The summed E-state index contributed by atoms with van der Waals surface area (Å²) in [7, 11) is 0. The Kier molecular flexibility index (Phi) is 8.88. The van der Waals surface area contributed by atoms with E-state index in [1.807, 2.05) is 13.8 Å². The third kappa shape index (κ3) is 6.58. The SMILES string of the molecule is CCCCCN(OCC)OCC. The van der Waals surface area contributed by atoms with Gasteiger partial charge in [-0.25, -0.2) is 0 Å². The molecule has 0 spiro atoms. The van der Waals surface area contributed by atoms with Crippen LogP contribution >= 0.6 is 0 Å². The summed E-state index contributed by atoms with van der Waals surface area (Å²) in [6.07, 6.45) is 3.60. The number of hydrogen-bond acceptors (Lipinski definition) is 3. The molecule has 0 amide bonds. The van der Waals surface area contributed by atoms with Gasteiger partial charge in [-0.1, -0.05) is 25.0 Å². The summed E-state index contributed by atoms with van der Waals surface area (Å²) in [5.74, 6) is 0. The van der Waals surface area contributed by atoms with Crippen LogP contribution in [-0.2, 0) is 9.68 Å². The van der Waals surface area contributed by atoms with Gasteiger partial charge in [0.05, 0.1) is 19.8 Å². The molecular formula is C9H21NO2. The van der Waals surface area contributed by atoms with E-state index in [2.05, 4.69) is 6.92 Å². The predicted molar refractivity (Wildman–Crippen MR) is 49.5 cm³/mol. The summed E-state index contributed by atoms with van der Waals surface area (Å²) in [6.45, 7) is 8.33. The van der Waals surface area contributed by atoms with Gasteiger partial charge in [0, 0.05) is 0 Å². The normalized spacial score (nSPS) is 11.0. The lowest BCUT2D eigenvalue weighted by Gasteiger charge is -2.18. The first-order valence-electron chi connectivity index (χ1n) is 4.88. The Morgan fingerprint density at radius 2 is 1.50 bits per heavy atom. The summed E-state index contributed by atoms with van der Waals surface area (Å²) in [4.78, 5) is 10.5. The highest BCUT2D eigenvalue weighted by Gasteiger charge is 2.02. The Morgan fingerprint density at radius 1 is 0.917 bits per heavy atom. The molecule has 0 aliphatic heterocycles. The van der Waals surface area contributed by atoms with Gasteiger partial charge in [0.2, 0.25) is 0 Å². The molecule has 0 bridgehead atoms. The topological polar surface area (TPSA) is 21.7 Å². The molecule has 0 saturated heterocycles. The van der Waals surface area contributed by atoms with E-state index in [1.54, 1.807) is 5.23 Å². The lowest BCUT2D eigenvalue weighted by Crippen LogP contribution is -2.25. The Bertz CT molecular complexity index is 82.6. The average molecular weight is 175 g/mol. The maximum absolute atomic E-state index is 5.24. The fourth-order valence-electron chi connectivity index (χ4n) is 0.945. The third-order valence-corrected chi connectivity index (χ3v) is 1.49. The molecule has 0 aliphatic carbocycles. The largest absolute Gasteiger partial charge is 0.274 e. The number of rotatable bonds is 8. The van der Waals surface area contributed by atoms with Gasteiger partial charge in [-0.2, -0.15) is 0 Å². The van der Waals surface area contributed by atoms with Crippen molar-refractivity contribution in [3.63, 3.8) is 0 Å². The molecule has 0 rings (SSSR count). The van der Waals surface area contributed by atoms with Gasteiger partial charge >= 0.3 is 0 Å². The molecule has 3 nitrogen and oxygen atoms in total. The van der Waals surface area contributed by atoms with Crippen LogP contribution in [-0.4, -0.2) is 25.0 Å². The lowest BCUT2D eigenvalue weighted by atomic mass is 10.2. The van der Waals surface area contributed by atoms with Gasteiger partial charge in [0.15, 0.2) is 0 Å². The van der Waals surface area contributed by atoms with E-state index in [4.69, 9.17) is 9.68 Å². The molecule has 0 N–H and O–H groups in total. The van der Waals surface area contributed by atoms with E-state index in [0.717, 1.165) is 13.0 Å². The lowest BCUT2D eigenvalue weighted by molar-refractivity contribution is -0.364. The first kappa shape index (κ1) is 11.9. The van der Waals surface area contributed by atoms with Crippen molar-refractivity contribution >= 4 is 0 Å². The molecule has 0 aromatic rings. The molecule has 0 radical (unpaired) electrons. The zero-order chi connectivity index (χ0) is 9.23. The molecule has 0 heterocycles. The zero-order valence-electron chi connectivity index (χ0n) is 8.51. The third-order valence-electron chi connectivity index (χ3n) is 1.49. The van der Waals surface area contributed by atoms with Crippen LogP contribution in [0.2, 0.25) is 0 Å². The van der Waals surface area contributed by atoms with Crippen LogP contribution in [0.4, 0.5) is 0 Å². The molecule has 0 atom stereocenters. The molecule has 0 saturated carbocycles. The highest BCUT2D eigenvalue weighted by atomic mass is 16.9. The summed E-state index contributed by atoms with van der Waals surface area (Å²) in [5.41, 5.74) is 0. The summed E-state index contributed by atoms with van der Waals surface area (Å²) < 4.78 is 0. The van der Waals surface area contributed by atoms with E-state index in [9.17, 15) is 0 Å². The van der Waals surface area contributed by atoms with E-state index in [-0.39, 0.29) is 0 Å². The average Bonchev–Trinajstić information content (AvgIpc) is 2.06. The van der Waals surface area contributed by atoms with Crippen molar-refractivity contribution in [2.75, 3.05) is 19.8 Å². The van der Waals surface area contributed by atoms with Gasteiger partial charge in [-0.3, -0.25) is 9.68 Å². The fraction of sp³-hybridized carbons (Fsp3) is 1.00. The van der Waals surface area contributed by atoms with Crippen LogP contribution in [0.3, 0.4) is 0 Å². The van der Waals surface area contributed by atoms with Gasteiger partial charge in [0.25, 0.3) is 0 Å². The second-order valence-electron chi connectivity index (χ2n) is 2.60. The quantitative estimate of drug-likeness (QED) is 0.417. The van der Waals surface area contributed by atoms with Crippen molar-refractivity contribution in [1.29, 1.82) is 0 Å². The van der Waals surface area contributed by atoms with Crippen LogP contribution in [0.25, 0.3) is 0 Å². The van der Waals surface area contributed by atoms with Crippen LogP contribution in [0.5, 0.6) is 0 Å². The van der Waals surface area contributed by atoms with Crippen molar-refractivity contribution in [3.05, 3.63) is 0 Å². The van der Waals surface area contributed by atoms with Gasteiger partial charge in [0.1, 0.15) is 0 Å². The maximum Gasteiger partial charge on any atom is 0.0683 e. The summed E-state index contributed by atoms with van der Waals surface area (Å²) in [5, 5.41) is 1.59. The molecular weight excluding hydrogens is 154 g/mol. The van der Waals surface area contributed by atoms with Crippen LogP contribution in [0, 0.1) is 0 Å². The Morgan fingerprint density at radius 3 is 1.92 bits per heavy atom. The second kappa shape index (κ2) is 8.97. The standard InChI is InChI=1S/C9H21NO2/c1-4-7-8-9-10(11-5-2)12-6-3/h4-9H2,1-3H3. The second-order valence-corrected chi connectivity index (χ2v) is 2.60. The molecule has 0 unspecified atom stereocenters. The number of hydrogen-bond donors (Lipinski definition) is 0. The minimum Gasteiger partial charge on any atom is -0.274 e. The van der Waals surface area contributed by atoms with Gasteiger partial charge < -0.3 is 0 Å². The van der Waals surface area contributed by atoms with Crippen molar-refractivity contribution in [1.82, 2.24) is 5.23 Å². The van der Waals surface area contributed by atoms with Crippen molar-refractivity contribution in [3.8, 4) is 0 Å². The minimum absolute atomic E-state index is 0.673. The Balaban J connectivity index is 3.34. The smallest absolute Gasteiger partial charge is 0.0683 e. The molecule has 74 valence electrons. The molecule has 0 aromatic carbocycles. The summed E-state index contributed by atoms with van der Waals surface area (Å²) >= 11 is 0. The van der Waals surface area contributed by atoms with E-state index in [1.165, 1.54) is 12.8 Å². The first-order valence-corrected chi connectivity index (χ1v) is 4.88. The van der Waals surface area contributed by atoms with Crippen molar-refractivity contribution in [2.45, 2.75) is 40.0 Å². The van der Waals surface area contributed by atoms with Gasteiger partial charge in [-0.15, -0.1) is 0 Å². The van der Waals surface area contributed by atoms with Crippen LogP contribution < -0.4 is 0 Å². The number of hydroxylamine groups is 2. The van der Waals surface area contributed by atoms with Crippen LogP contribution in [0.15, 0.2) is 0 Å². The molecule has 3 heteroatoms. The first-order chi connectivity index (χ1) is 5.85. The van der Waals surface area contributed by atoms with Crippen molar-refractivity contribution in [2.24, 2.45) is 0 Å². The molecule has 0 fully saturated rings. The molecule has 12 heavy (non-hydrogen) atoms. The number of unbranched alkanes of at least 4 members (excludes halogenated alkanes) is 2. The zero-order valence-corrected chi connectivity index (χ0v) is 8.51. The van der Waals surface area contributed by atoms with E-state index in [0.29, 0.717) is 13.2 Å². The Labute approximate surface area is 75.6 Å². The molecule has 0 aromatic heterocycles. The van der Waals surface area contributed by atoms with Gasteiger partial charge in [-0.05, 0) is 20.3 Å². The monoisotopic (exact) mass is 175 g/mol. The number of nitrogens with zero attached hydrogens (tertiary/aromatic N) is 1. The fourth-order valence-corrected chi connectivity index (χ4v) is 0.945. The molecule has 0 aliphatic rings. The van der Waals surface area contributed by atoms with Crippen molar-refractivity contribution < 1.29 is 9.68 Å². The van der Waals surface area contributed by atoms with E-state index < -0.39 is 0 Å². The highest BCUT2D eigenvalue weighted by Crippen LogP contribution is 1.99. The summed E-state index contributed by atoms with van der Waals surface area (Å²) in [6, 6.07) is 0.